The Morgan fingerprint density at radius 2 is 1.57 bits per heavy atom. The Morgan fingerprint density at radius 3 is 2.21 bits per heavy atom. The number of aryl methyl sites for hydroxylation is 1. The highest BCUT2D eigenvalue weighted by Gasteiger charge is 2.13. The number of hydrogen-bond acceptors (Lipinski definition) is 4. The highest BCUT2D eigenvalue weighted by molar-refractivity contribution is 6.03. The number of amides is 1. The SMILES string of the molecule is Cc1cc(C(=O)Nc2ccc(C(C)C)cc2)nc(NC(C)c2ccccc2)n1. The van der Waals surface area contributed by atoms with E-state index in [9.17, 15) is 4.79 Å². The van der Waals surface area contributed by atoms with Gasteiger partial charge in [0.15, 0.2) is 0 Å². The Labute approximate surface area is 166 Å². The first kappa shape index (κ1) is 19.5. The van der Waals surface area contributed by atoms with E-state index in [1.165, 1.54) is 5.56 Å². The zero-order chi connectivity index (χ0) is 20.1. The van der Waals surface area contributed by atoms with Gasteiger partial charge in [0.2, 0.25) is 5.95 Å². The minimum absolute atomic E-state index is 0.0301. The molecule has 144 valence electrons. The summed E-state index contributed by atoms with van der Waals surface area (Å²) < 4.78 is 0. The number of nitrogens with one attached hydrogen (secondary N) is 2. The molecule has 0 aliphatic carbocycles. The summed E-state index contributed by atoms with van der Waals surface area (Å²) in [6.45, 7) is 8.18. The van der Waals surface area contributed by atoms with Crippen molar-refractivity contribution < 1.29 is 4.79 Å². The van der Waals surface area contributed by atoms with Crippen LogP contribution in [0.25, 0.3) is 0 Å². The first-order valence-corrected chi connectivity index (χ1v) is 9.51. The number of rotatable bonds is 6. The molecular formula is C23H26N4O. The van der Waals surface area contributed by atoms with Gasteiger partial charge in [0.05, 0.1) is 6.04 Å². The third-order valence-corrected chi connectivity index (χ3v) is 4.57. The van der Waals surface area contributed by atoms with Crippen molar-refractivity contribution in [3.63, 3.8) is 0 Å². The van der Waals surface area contributed by atoms with E-state index in [0.717, 1.165) is 16.9 Å². The van der Waals surface area contributed by atoms with Gasteiger partial charge in [-0.05, 0) is 49.1 Å². The molecule has 0 fully saturated rings. The predicted molar refractivity (Wildman–Crippen MR) is 114 cm³/mol. The van der Waals surface area contributed by atoms with Crippen LogP contribution in [0.1, 0.15) is 60.0 Å². The summed E-state index contributed by atoms with van der Waals surface area (Å²) >= 11 is 0. The summed E-state index contributed by atoms with van der Waals surface area (Å²) in [5.74, 6) is 0.643. The maximum Gasteiger partial charge on any atom is 0.274 e. The summed E-state index contributed by atoms with van der Waals surface area (Å²) in [5.41, 5.74) is 4.18. The number of carbonyl (C=O) groups is 1. The lowest BCUT2D eigenvalue weighted by Gasteiger charge is -2.15. The molecule has 1 aromatic heterocycles. The number of hydrogen-bond donors (Lipinski definition) is 2. The molecule has 3 rings (SSSR count). The molecule has 3 aromatic rings. The van der Waals surface area contributed by atoms with E-state index in [1.54, 1.807) is 6.07 Å². The fourth-order valence-corrected chi connectivity index (χ4v) is 2.91. The van der Waals surface area contributed by atoms with Crippen LogP contribution in [0, 0.1) is 6.92 Å². The van der Waals surface area contributed by atoms with Gasteiger partial charge < -0.3 is 10.6 Å². The zero-order valence-electron chi connectivity index (χ0n) is 16.7. The molecule has 0 radical (unpaired) electrons. The van der Waals surface area contributed by atoms with Gasteiger partial charge in [-0.1, -0.05) is 56.3 Å². The van der Waals surface area contributed by atoms with E-state index in [-0.39, 0.29) is 11.9 Å². The quantitative estimate of drug-likeness (QED) is 0.612. The predicted octanol–water partition coefficient (Wildman–Crippen LogP) is 5.33. The number of benzene rings is 2. The van der Waals surface area contributed by atoms with E-state index in [2.05, 4.69) is 34.4 Å². The van der Waals surface area contributed by atoms with Crippen LogP contribution in [-0.4, -0.2) is 15.9 Å². The average Bonchev–Trinajstić information content (AvgIpc) is 2.68. The van der Waals surface area contributed by atoms with Gasteiger partial charge in [0, 0.05) is 11.4 Å². The Balaban J connectivity index is 1.74. The van der Waals surface area contributed by atoms with Crippen LogP contribution < -0.4 is 10.6 Å². The third-order valence-electron chi connectivity index (χ3n) is 4.57. The fraction of sp³-hybridized carbons (Fsp3) is 0.261. The lowest BCUT2D eigenvalue weighted by atomic mass is 10.0. The molecule has 28 heavy (non-hydrogen) atoms. The Hall–Kier alpha value is -3.21. The van der Waals surface area contributed by atoms with Crippen LogP contribution in [0.5, 0.6) is 0 Å². The standard InChI is InChI=1S/C23H26N4O/c1-15(2)18-10-12-20(13-11-18)26-22(28)21-14-16(3)24-23(27-21)25-17(4)19-8-6-5-7-9-19/h5-15,17H,1-4H3,(H,26,28)(H,24,25,27). The smallest absolute Gasteiger partial charge is 0.274 e. The number of aromatic nitrogens is 2. The van der Waals surface area contributed by atoms with Gasteiger partial charge in [-0.3, -0.25) is 4.79 Å². The van der Waals surface area contributed by atoms with E-state index in [1.807, 2.05) is 68.4 Å². The molecule has 2 N–H and O–H groups in total. The lowest BCUT2D eigenvalue weighted by molar-refractivity contribution is 0.102. The molecule has 0 spiro atoms. The molecule has 1 atom stereocenters. The minimum Gasteiger partial charge on any atom is -0.348 e. The lowest BCUT2D eigenvalue weighted by Crippen LogP contribution is -2.17. The zero-order valence-corrected chi connectivity index (χ0v) is 16.7. The summed E-state index contributed by atoms with van der Waals surface area (Å²) in [6.07, 6.45) is 0. The van der Waals surface area contributed by atoms with Crippen molar-refractivity contribution in [3.8, 4) is 0 Å². The van der Waals surface area contributed by atoms with E-state index < -0.39 is 0 Å². The first-order valence-electron chi connectivity index (χ1n) is 9.51. The van der Waals surface area contributed by atoms with Crippen LogP contribution in [0.2, 0.25) is 0 Å². The van der Waals surface area contributed by atoms with Gasteiger partial charge in [-0.25, -0.2) is 9.97 Å². The van der Waals surface area contributed by atoms with Gasteiger partial charge in [0.25, 0.3) is 5.91 Å². The molecule has 0 saturated carbocycles. The van der Waals surface area contributed by atoms with Crippen molar-refractivity contribution in [2.45, 2.75) is 39.7 Å². The molecule has 0 bridgehead atoms. The van der Waals surface area contributed by atoms with Crippen molar-refractivity contribution in [1.82, 2.24) is 9.97 Å². The summed E-state index contributed by atoms with van der Waals surface area (Å²) in [7, 11) is 0. The Morgan fingerprint density at radius 1 is 0.893 bits per heavy atom. The molecular weight excluding hydrogens is 348 g/mol. The Kier molecular flexibility index (Phi) is 6.04. The molecule has 0 saturated heterocycles. The fourth-order valence-electron chi connectivity index (χ4n) is 2.91. The molecule has 0 aliphatic rings. The van der Waals surface area contributed by atoms with Crippen molar-refractivity contribution in [2.24, 2.45) is 0 Å². The molecule has 2 aromatic carbocycles. The van der Waals surface area contributed by atoms with E-state index >= 15 is 0 Å². The second-order valence-corrected chi connectivity index (χ2v) is 7.23. The number of carbonyl (C=O) groups excluding carboxylic acids is 1. The van der Waals surface area contributed by atoms with Crippen molar-refractivity contribution in [1.29, 1.82) is 0 Å². The summed E-state index contributed by atoms with van der Waals surface area (Å²) in [5, 5.41) is 6.18. The maximum atomic E-state index is 12.7. The largest absolute Gasteiger partial charge is 0.348 e. The molecule has 0 aliphatic heterocycles. The number of nitrogens with zero attached hydrogens (tertiary/aromatic N) is 2. The normalized spacial score (nSPS) is 11.9. The van der Waals surface area contributed by atoms with Gasteiger partial charge in [-0.15, -0.1) is 0 Å². The van der Waals surface area contributed by atoms with Crippen LogP contribution in [-0.2, 0) is 0 Å². The Bertz CT molecular complexity index is 937. The van der Waals surface area contributed by atoms with Crippen molar-refractivity contribution in [3.05, 3.63) is 83.2 Å². The molecule has 5 heteroatoms. The van der Waals surface area contributed by atoms with Crippen molar-refractivity contribution in [2.75, 3.05) is 10.6 Å². The van der Waals surface area contributed by atoms with Gasteiger partial charge in [0.1, 0.15) is 5.69 Å². The topological polar surface area (TPSA) is 66.9 Å². The van der Waals surface area contributed by atoms with Crippen LogP contribution in [0.3, 0.4) is 0 Å². The second kappa shape index (κ2) is 8.65. The molecule has 1 unspecified atom stereocenters. The van der Waals surface area contributed by atoms with E-state index in [4.69, 9.17) is 0 Å². The van der Waals surface area contributed by atoms with Crippen LogP contribution in [0.4, 0.5) is 11.6 Å². The highest BCUT2D eigenvalue weighted by Crippen LogP contribution is 2.19. The highest BCUT2D eigenvalue weighted by atomic mass is 16.1. The van der Waals surface area contributed by atoms with Gasteiger partial charge >= 0.3 is 0 Å². The monoisotopic (exact) mass is 374 g/mol. The second-order valence-electron chi connectivity index (χ2n) is 7.23. The third kappa shape index (κ3) is 4.94. The average molecular weight is 374 g/mol. The number of anilines is 2. The molecule has 1 amide bonds. The molecule has 5 nitrogen and oxygen atoms in total. The summed E-state index contributed by atoms with van der Waals surface area (Å²) in [4.78, 5) is 21.5. The maximum absolute atomic E-state index is 12.7. The first-order chi connectivity index (χ1) is 13.4. The summed E-state index contributed by atoms with van der Waals surface area (Å²) in [6, 6.07) is 19.7. The van der Waals surface area contributed by atoms with Crippen LogP contribution in [0.15, 0.2) is 60.7 Å². The van der Waals surface area contributed by atoms with Gasteiger partial charge in [-0.2, -0.15) is 0 Å². The van der Waals surface area contributed by atoms with Crippen LogP contribution >= 0.6 is 0 Å². The molecule has 1 heterocycles. The van der Waals surface area contributed by atoms with Crippen molar-refractivity contribution >= 4 is 17.5 Å². The minimum atomic E-state index is -0.252. The van der Waals surface area contributed by atoms with E-state index in [0.29, 0.717) is 17.6 Å².